The number of nitrogens with one attached hydrogen (secondary N) is 1. The second-order valence-electron chi connectivity index (χ2n) is 7.75. The molecular formula is C25H24FN3O3. The maximum atomic E-state index is 13.3. The van der Waals surface area contributed by atoms with Crippen molar-refractivity contribution >= 4 is 16.8 Å². The standard InChI is InChI=1S/C25H24FN3O3/c1-16-11-22-19(14-27-29(22)21-9-7-20(26)8-10-21)13-24(16)32-23-6-4-3-5-18(23)12-17(2)28-25(31)15-30/h3-11,13-14,17,30H,12,15H2,1-2H3,(H,28,31)/t17-/m0/s1. The zero-order valence-corrected chi connectivity index (χ0v) is 17.9. The molecule has 1 amide bonds. The van der Waals surface area contributed by atoms with Crippen molar-refractivity contribution in [2.75, 3.05) is 6.61 Å². The van der Waals surface area contributed by atoms with Crippen molar-refractivity contribution in [2.24, 2.45) is 0 Å². The Morgan fingerprint density at radius 2 is 1.91 bits per heavy atom. The smallest absolute Gasteiger partial charge is 0.245 e. The molecule has 164 valence electrons. The number of amides is 1. The number of para-hydroxylation sites is 1. The van der Waals surface area contributed by atoms with Gasteiger partial charge in [-0.05, 0) is 73.9 Å². The number of aryl methyl sites for hydroxylation is 1. The summed E-state index contributed by atoms with van der Waals surface area (Å²) in [4.78, 5) is 11.5. The minimum Gasteiger partial charge on any atom is -0.457 e. The van der Waals surface area contributed by atoms with E-state index in [2.05, 4.69) is 10.4 Å². The molecule has 3 aromatic carbocycles. The molecule has 0 spiro atoms. The zero-order valence-electron chi connectivity index (χ0n) is 17.9. The van der Waals surface area contributed by atoms with E-state index in [4.69, 9.17) is 9.84 Å². The summed E-state index contributed by atoms with van der Waals surface area (Å²) in [6.07, 6.45) is 2.31. The number of halogens is 1. The first-order chi connectivity index (χ1) is 15.4. The number of nitrogens with zero attached hydrogens (tertiary/aromatic N) is 2. The van der Waals surface area contributed by atoms with Crippen LogP contribution in [0.4, 0.5) is 4.39 Å². The molecule has 0 bridgehead atoms. The Balaban J connectivity index is 1.61. The Kier molecular flexibility index (Phi) is 6.18. The lowest BCUT2D eigenvalue weighted by Gasteiger charge is -2.17. The first kappa shape index (κ1) is 21.5. The minimum atomic E-state index is -0.534. The summed E-state index contributed by atoms with van der Waals surface area (Å²) in [5.41, 5.74) is 3.55. The van der Waals surface area contributed by atoms with Crippen molar-refractivity contribution in [3.05, 3.63) is 83.8 Å². The fourth-order valence-electron chi connectivity index (χ4n) is 3.65. The number of hydrogen-bond acceptors (Lipinski definition) is 4. The molecule has 4 rings (SSSR count). The van der Waals surface area contributed by atoms with Crippen molar-refractivity contribution in [3.63, 3.8) is 0 Å². The van der Waals surface area contributed by atoms with Gasteiger partial charge < -0.3 is 15.2 Å². The van der Waals surface area contributed by atoms with Crippen molar-refractivity contribution in [2.45, 2.75) is 26.3 Å². The van der Waals surface area contributed by atoms with Gasteiger partial charge in [0.1, 0.15) is 23.9 Å². The van der Waals surface area contributed by atoms with Gasteiger partial charge >= 0.3 is 0 Å². The summed E-state index contributed by atoms with van der Waals surface area (Å²) in [5, 5.41) is 17.0. The molecule has 7 heteroatoms. The molecule has 0 aliphatic carbocycles. The van der Waals surface area contributed by atoms with E-state index < -0.39 is 12.5 Å². The van der Waals surface area contributed by atoms with Crippen LogP contribution >= 0.6 is 0 Å². The molecule has 0 radical (unpaired) electrons. The van der Waals surface area contributed by atoms with E-state index in [1.165, 1.54) is 12.1 Å². The van der Waals surface area contributed by atoms with Crippen LogP contribution in [0.5, 0.6) is 11.5 Å². The second kappa shape index (κ2) is 9.20. The lowest BCUT2D eigenvalue weighted by atomic mass is 10.1. The SMILES string of the molecule is Cc1cc2c(cnn2-c2ccc(F)cc2)cc1Oc1ccccc1C[C@H](C)NC(=O)CO. The number of carbonyl (C=O) groups is 1. The largest absolute Gasteiger partial charge is 0.457 e. The molecule has 1 heterocycles. The number of hydrogen-bond donors (Lipinski definition) is 2. The number of aliphatic hydroxyl groups excluding tert-OH is 1. The quantitative estimate of drug-likeness (QED) is 0.456. The molecule has 2 N–H and O–H groups in total. The van der Waals surface area contributed by atoms with Crippen LogP contribution in [-0.2, 0) is 11.2 Å². The Labute approximate surface area is 185 Å². The Hall–Kier alpha value is -3.71. The second-order valence-corrected chi connectivity index (χ2v) is 7.75. The fraction of sp³-hybridized carbons (Fsp3) is 0.200. The maximum absolute atomic E-state index is 13.3. The van der Waals surface area contributed by atoms with Crippen LogP contribution < -0.4 is 10.1 Å². The number of rotatable bonds is 7. The van der Waals surface area contributed by atoms with Gasteiger partial charge in [0.05, 0.1) is 17.4 Å². The van der Waals surface area contributed by atoms with Gasteiger partial charge in [0.15, 0.2) is 0 Å². The highest BCUT2D eigenvalue weighted by molar-refractivity contribution is 5.83. The Morgan fingerprint density at radius 3 is 2.66 bits per heavy atom. The summed E-state index contributed by atoms with van der Waals surface area (Å²) in [5.74, 6) is 0.706. The van der Waals surface area contributed by atoms with Crippen LogP contribution in [-0.4, -0.2) is 33.4 Å². The molecule has 6 nitrogen and oxygen atoms in total. The predicted octanol–water partition coefficient (Wildman–Crippen LogP) is 4.30. The molecule has 0 unspecified atom stereocenters. The van der Waals surface area contributed by atoms with E-state index in [-0.39, 0.29) is 11.9 Å². The molecule has 4 aromatic rings. The number of ether oxygens (including phenoxy) is 1. The van der Waals surface area contributed by atoms with Gasteiger partial charge in [-0.25, -0.2) is 9.07 Å². The van der Waals surface area contributed by atoms with Crippen molar-refractivity contribution in [1.82, 2.24) is 15.1 Å². The summed E-state index contributed by atoms with van der Waals surface area (Å²) in [7, 11) is 0. The number of carbonyl (C=O) groups excluding carboxylic acids is 1. The van der Waals surface area contributed by atoms with Crippen molar-refractivity contribution < 1.29 is 19.0 Å². The fourth-order valence-corrected chi connectivity index (χ4v) is 3.65. The van der Waals surface area contributed by atoms with E-state index in [0.717, 1.165) is 27.7 Å². The molecular weight excluding hydrogens is 409 g/mol. The molecule has 0 saturated carbocycles. The highest BCUT2D eigenvalue weighted by Crippen LogP contribution is 2.32. The van der Waals surface area contributed by atoms with E-state index >= 15 is 0 Å². The van der Waals surface area contributed by atoms with E-state index in [1.807, 2.05) is 50.2 Å². The van der Waals surface area contributed by atoms with Crippen LogP contribution in [0.1, 0.15) is 18.1 Å². The maximum Gasteiger partial charge on any atom is 0.245 e. The topological polar surface area (TPSA) is 76.4 Å². The van der Waals surface area contributed by atoms with E-state index in [0.29, 0.717) is 17.9 Å². The lowest BCUT2D eigenvalue weighted by molar-refractivity contribution is -0.124. The van der Waals surface area contributed by atoms with Crippen LogP contribution in [0.2, 0.25) is 0 Å². The summed E-state index contributed by atoms with van der Waals surface area (Å²) in [6, 6.07) is 17.6. The molecule has 0 saturated heterocycles. The third-order valence-electron chi connectivity index (χ3n) is 5.21. The summed E-state index contributed by atoms with van der Waals surface area (Å²) in [6.45, 7) is 3.31. The predicted molar refractivity (Wildman–Crippen MR) is 121 cm³/mol. The molecule has 0 aliphatic rings. The molecule has 0 fully saturated rings. The van der Waals surface area contributed by atoms with Gasteiger partial charge in [0.25, 0.3) is 0 Å². The minimum absolute atomic E-state index is 0.156. The van der Waals surface area contributed by atoms with Gasteiger partial charge in [-0.15, -0.1) is 0 Å². The van der Waals surface area contributed by atoms with Gasteiger partial charge in [0, 0.05) is 11.4 Å². The Bertz CT molecular complexity index is 1250. The highest BCUT2D eigenvalue weighted by atomic mass is 19.1. The zero-order chi connectivity index (χ0) is 22.7. The number of aromatic nitrogens is 2. The average Bonchev–Trinajstić information content (AvgIpc) is 3.18. The van der Waals surface area contributed by atoms with Crippen molar-refractivity contribution in [3.8, 4) is 17.2 Å². The number of fused-ring (bicyclic) bond motifs is 1. The summed E-state index contributed by atoms with van der Waals surface area (Å²) < 4.78 is 21.3. The van der Waals surface area contributed by atoms with Crippen LogP contribution in [0.25, 0.3) is 16.6 Å². The Morgan fingerprint density at radius 1 is 1.16 bits per heavy atom. The average molecular weight is 433 g/mol. The monoisotopic (exact) mass is 433 g/mol. The number of aliphatic hydroxyl groups is 1. The van der Waals surface area contributed by atoms with Gasteiger partial charge in [0.2, 0.25) is 5.91 Å². The van der Waals surface area contributed by atoms with Crippen LogP contribution in [0.15, 0.2) is 66.9 Å². The molecule has 1 aromatic heterocycles. The van der Waals surface area contributed by atoms with Crippen LogP contribution in [0.3, 0.4) is 0 Å². The first-order valence-corrected chi connectivity index (χ1v) is 10.3. The highest BCUT2D eigenvalue weighted by Gasteiger charge is 2.14. The molecule has 0 aliphatic heterocycles. The lowest BCUT2D eigenvalue weighted by Crippen LogP contribution is -2.35. The summed E-state index contributed by atoms with van der Waals surface area (Å²) >= 11 is 0. The van der Waals surface area contributed by atoms with E-state index in [9.17, 15) is 9.18 Å². The van der Waals surface area contributed by atoms with Crippen LogP contribution in [0, 0.1) is 12.7 Å². The van der Waals surface area contributed by atoms with Gasteiger partial charge in [-0.3, -0.25) is 4.79 Å². The normalized spacial score (nSPS) is 12.0. The van der Waals surface area contributed by atoms with Gasteiger partial charge in [-0.1, -0.05) is 18.2 Å². The van der Waals surface area contributed by atoms with Crippen molar-refractivity contribution in [1.29, 1.82) is 0 Å². The van der Waals surface area contributed by atoms with E-state index in [1.54, 1.807) is 23.0 Å². The third kappa shape index (κ3) is 4.63. The van der Waals surface area contributed by atoms with Gasteiger partial charge in [-0.2, -0.15) is 5.10 Å². The molecule has 32 heavy (non-hydrogen) atoms. The molecule has 1 atom stereocenters. The third-order valence-corrected chi connectivity index (χ3v) is 5.21. The first-order valence-electron chi connectivity index (χ1n) is 10.3. The number of benzene rings is 3.